The Kier molecular flexibility index (Phi) is 23.3. The van der Waals surface area contributed by atoms with Crippen LogP contribution >= 0.6 is 86.3 Å². The lowest BCUT2D eigenvalue weighted by Gasteiger charge is -2.13. The van der Waals surface area contributed by atoms with Crippen LogP contribution in [0.25, 0.3) is 253 Å². The Morgan fingerprint density at radius 3 is 1.19 bits per heavy atom. The topological polar surface area (TPSA) is 324 Å². The molecule has 0 aliphatic carbocycles. The summed E-state index contributed by atoms with van der Waals surface area (Å²) in [5.41, 5.74) is 46.3. The summed E-state index contributed by atoms with van der Waals surface area (Å²) in [4.78, 5) is 59.1. The number of nitrogens with zero attached hydrogens (tertiary/aromatic N) is 7. The van der Waals surface area contributed by atoms with Crippen molar-refractivity contribution >= 4 is 315 Å². The summed E-state index contributed by atoms with van der Waals surface area (Å²) in [5.74, 6) is 3.34. The number of carbonyl (C=O) groups excluding carboxylic acids is 1. The predicted octanol–water partition coefficient (Wildman–Crippen LogP) is 32.2. The predicted molar refractivity (Wildman–Crippen MR) is 635 cm³/mol. The first kappa shape index (κ1) is 92.9. The Balaban J connectivity index is 0.0000000970. The fraction of sp³-hybridized carbons (Fsp3) is 0.0328. The molecule has 0 bridgehead atoms. The first-order valence-corrected chi connectivity index (χ1v) is 53.5. The standard InChI is InChI=1S/C30H21BrN4O2S.C25H18BrN5O.C25H18BrN3.C21H14BrN3.C21H13IN2/c1-17-6-10-20(11-7-17)38(36,37)35-29-25-15-19(32)9-12-22(25)21-4-2-3-5-23(21)28(29)34-30(35)26-16-33-27-13-8-18(31)14-24(26)27;26-13-5-8-21-18(9-13)20(12-29-21)25-30-23-17-4-2-1-3-15(17)16-7-6-14(28)10-19(16)24(23)31(25)22(32)11-27;1-13-3-6-16-17-7-4-14(2)10-20(17)24-23(19(16)9-13)28-25(29-24)21-12-27-22-8-5-15(26)11-18(21)22;22-13-7-5-12(6-8-13)21-24-19-17-4-2-1-3-15(17)16-10-9-14(23)11-18(16)20(19)25-21;22-14-7-5-6-13(12-14)21-23-19-17-10-3-1-8-15(17)16-9-2-4-11-18(16)20(19)24-21/h2-16,33H,32H2,1H3;1-10,12,29H,11,27-28H2;3-12,27H,1-2H3,(H,28,29);1-11H,23H2,(H,24,25);1-12H,(H,23,24). The highest BCUT2D eigenvalue weighted by molar-refractivity contribution is 14.1. The minimum Gasteiger partial charge on any atom is -0.399 e. The van der Waals surface area contributed by atoms with Gasteiger partial charge in [-0.25, -0.2) is 37.3 Å². The van der Waals surface area contributed by atoms with Gasteiger partial charge in [-0.15, -0.1) is 0 Å². The molecule has 0 saturated heterocycles. The number of hydrogen-bond acceptors (Lipinski definition) is 12. The number of aromatic nitrogens is 13. The molecule has 29 aromatic rings. The molecule has 0 atom stereocenters. The molecule has 21 aromatic carbocycles. The summed E-state index contributed by atoms with van der Waals surface area (Å²) in [7, 11) is -4.06. The normalized spacial score (nSPS) is 11.9. The molecule has 0 amide bonds. The molecule has 14 N–H and O–H groups in total. The van der Waals surface area contributed by atoms with Crippen LogP contribution in [0, 0.1) is 24.3 Å². The summed E-state index contributed by atoms with van der Waals surface area (Å²) in [6.07, 6.45) is 5.74. The molecule has 0 aliphatic heterocycles. The van der Waals surface area contributed by atoms with Crippen LogP contribution in [0.15, 0.2) is 381 Å². The highest BCUT2D eigenvalue weighted by Gasteiger charge is 2.32. The molecule has 148 heavy (non-hydrogen) atoms. The summed E-state index contributed by atoms with van der Waals surface area (Å²) < 4.78 is 37.1. The van der Waals surface area contributed by atoms with E-state index in [4.69, 9.17) is 47.9 Å². The third-order valence-corrected chi connectivity index (χ3v) is 32.2. The van der Waals surface area contributed by atoms with E-state index in [0.29, 0.717) is 39.6 Å². The summed E-state index contributed by atoms with van der Waals surface area (Å²) in [6, 6.07) is 114. The van der Waals surface area contributed by atoms with Gasteiger partial charge >= 0.3 is 0 Å². The Hall–Kier alpha value is -16.2. The van der Waals surface area contributed by atoms with Crippen molar-refractivity contribution in [3.8, 4) is 56.9 Å². The van der Waals surface area contributed by atoms with Crippen LogP contribution in [0.3, 0.4) is 0 Å². The van der Waals surface area contributed by atoms with Crippen LogP contribution in [0.4, 0.5) is 17.1 Å². The number of benzene rings is 21. The Labute approximate surface area is 891 Å². The molecule has 0 radical (unpaired) electrons. The molecule has 8 heterocycles. The number of nitrogen functional groups attached to an aromatic ring is 3. The van der Waals surface area contributed by atoms with E-state index in [1.807, 2.05) is 171 Å². The maximum Gasteiger partial charge on any atom is 0.270 e. The van der Waals surface area contributed by atoms with Crippen LogP contribution in [-0.2, 0) is 10.0 Å². The van der Waals surface area contributed by atoms with Crippen LogP contribution in [0.1, 0.15) is 21.5 Å². The van der Waals surface area contributed by atoms with E-state index < -0.39 is 10.0 Å². The zero-order chi connectivity index (χ0) is 101. The number of aryl methyl sites for hydroxylation is 3. The number of nitrogens with one attached hydrogen (secondary N) is 6. The van der Waals surface area contributed by atoms with Gasteiger partial charge in [-0.1, -0.05) is 281 Å². The highest BCUT2D eigenvalue weighted by Crippen LogP contribution is 2.48. The average molecular weight is 2310 g/mol. The smallest absolute Gasteiger partial charge is 0.270 e. The van der Waals surface area contributed by atoms with Gasteiger partial charge < -0.3 is 52.8 Å². The van der Waals surface area contributed by atoms with Gasteiger partial charge in [-0.05, 0) is 237 Å². The fourth-order valence-corrected chi connectivity index (χ4v) is 24.4. The number of H-pyrrole nitrogens is 6. The van der Waals surface area contributed by atoms with Crippen LogP contribution in [0.2, 0.25) is 0 Å². The number of imidazole rings is 5. The SMILES string of the molecule is Cc1ccc(S(=O)(=O)n2c(-c3c[nH]c4ccc(Br)cc34)nc3c4ccccc4c4ccc(N)cc4c32)cc1.Cc1ccc2c3ccc(C)cc3c3[nH]c(-c4c[nH]c5ccc(Br)cc45)nc3c2c1.Ic1cccc(-c2nc3c4ccccc4c4ccccc4c3[nH]2)c1.NCC(=O)n1c(-c2c[nH]c3ccc(Br)cc23)nc2c3ccccc3c3ccc(N)cc3c21.Nc1ccc2c3ccccc3c3[nH]c(-c4ccc(Br)cc4)nc3c2c1. The lowest BCUT2D eigenvalue weighted by molar-refractivity contribution is 0.0930. The highest BCUT2D eigenvalue weighted by atomic mass is 127. The summed E-state index contributed by atoms with van der Waals surface area (Å²) in [5, 5.41) is 24.9. The Morgan fingerprint density at radius 2 is 0.676 bits per heavy atom. The number of hydrogen-bond donors (Lipinski definition) is 10. The van der Waals surface area contributed by atoms with E-state index >= 15 is 0 Å². The maximum atomic E-state index is 14.5. The monoisotopic (exact) mass is 2310 g/mol. The van der Waals surface area contributed by atoms with Gasteiger partial charge in [-0.2, -0.15) is 0 Å². The number of carbonyl (C=O) groups is 1. The second-order valence-electron chi connectivity index (χ2n) is 37.1. The molecule has 26 heteroatoms. The van der Waals surface area contributed by atoms with Gasteiger partial charge in [0.15, 0.2) is 5.82 Å². The quantitative estimate of drug-likeness (QED) is 0.0386. The fourth-order valence-electron chi connectivity index (χ4n) is 21.0. The molecule has 0 spiro atoms. The molecule has 0 unspecified atom stereocenters. The Morgan fingerprint density at radius 1 is 0.311 bits per heavy atom. The molecular weight excluding hydrogens is 2230 g/mol. The largest absolute Gasteiger partial charge is 0.399 e. The van der Waals surface area contributed by atoms with E-state index in [-0.39, 0.29) is 17.3 Å². The molecule has 0 saturated carbocycles. The summed E-state index contributed by atoms with van der Waals surface area (Å²) >= 11 is 16.5. The van der Waals surface area contributed by atoms with Crippen LogP contribution in [-0.4, -0.2) is 84.2 Å². The Bertz CT molecular complexity index is 10600. The van der Waals surface area contributed by atoms with Crippen LogP contribution in [0.5, 0.6) is 0 Å². The van der Waals surface area contributed by atoms with Crippen molar-refractivity contribution < 1.29 is 13.2 Å². The van der Waals surface area contributed by atoms with Gasteiger partial charge in [0.25, 0.3) is 10.0 Å². The number of halogens is 5. The lowest BCUT2D eigenvalue weighted by Crippen LogP contribution is -2.21. The third kappa shape index (κ3) is 16.1. The second kappa shape index (κ2) is 37.1. The molecule has 29 rings (SSSR count). The van der Waals surface area contributed by atoms with Crippen molar-refractivity contribution in [2.45, 2.75) is 25.7 Å². The number of anilines is 3. The molecule has 0 fully saturated rings. The molecule has 716 valence electrons. The van der Waals surface area contributed by atoms with Crippen molar-refractivity contribution in [2.24, 2.45) is 5.73 Å². The molecule has 20 nitrogen and oxygen atoms in total. The first-order chi connectivity index (χ1) is 72.0. The lowest BCUT2D eigenvalue weighted by atomic mass is 9.97. The van der Waals surface area contributed by atoms with E-state index in [9.17, 15) is 13.2 Å². The summed E-state index contributed by atoms with van der Waals surface area (Å²) in [6.45, 7) is 6.07. The van der Waals surface area contributed by atoms with Crippen molar-refractivity contribution in [2.75, 3.05) is 23.7 Å². The van der Waals surface area contributed by atoms with E-state index in [2.05, 4.69) is 300 Å². The number of aromatic amines is 6. The zero-order valence-electron chi connectivity index (χ0n) is 79.2. The van der Waals surface area contributed by atoms with Crippen molar-refractivity contribution in [3.05, 3.63) is 396 Å². The third-order valence-electron chi connectivity index (χ3n) is 27.9. The average Bonchev–Trinajstić information content (AvgIpc) is 1.55. The number of nitrogens with two attached hydrogens (primary N) is 4. The molecule has 8 aromatic heterocycles. The van der Waals surface area contributed by atoms with E-state index in [0.717, 1.165) is 194 Å². The maximum absolute atomic E-state index is 14.5. The van der Waals surface area contributed by atoms with Gasteiger partial charge in [0.1, 0.15) is 23.3 Å². The van der Waals surface area contributed by atoms with Gasteiger partial charge in [0.2, 0.25) is 5.91 Å². The van der Waals surface area contributed by atoms with Gasteiger partial charge in [0.05, 0.1) is 66.6 Å². The first-order valence-electron chi connectivity index (χ1n) is 47.8. The minimum absolute atomic E-state index is 0.138. The van der Waals surface area contributed by atoms with Crippen molar-refractivity contribution in [3.63, 3.8) is 0 Å². The zero-order valence-corrected chi connectivity index (χ0v) is 88.6. The second-order valence-corrected chi connectivity index (χ2v) is 43.8. The van der Waals surface area contributed by atoms with Crippen LogP contribution < -0.4 is 22.9 Å². The van der Waals surface area contributed by atoms with Crippen molar-refractivity contribution in [1.82, 2.24) is 63.4 Å². The number of rotatable bonds is 8. The minimum atomic E-state index is -4.06. The van der Waals surface area contributed by atoms with Crippen molar-refractivity contribution in [1.29, 1.82) is 0 Å². The molecule has 0 aliphatic rings. The number of fused-ring (bicyclic) bond motifs is 33. The van der Waals surface area contributed by atoms with E-state index in [1.165, 1.54) is 77.9 Å². The van der Waals surface area contributed by atoms with E-state index in [1.54, 1.807) is 28.8 Å². The molecular formula is C122H84Br4IN17O3S. The van der Waals surface area contributed by atoms with Gasteiger partial charge in [-0.3, -0.25) is 9.36 Å². The van der Waals surface area contributed by atoms with Gasteiger partial charge in [0, 0.05) is 172 Å².